The van der Waals surface area contributed by atoms with E-state index in [0.29, 0.717) is 12.8 Å². The maximum absolute atomic E-state index is 9.56. The van der Waals surface area contributed by atoms with Crippen molar-refractivity contribution in [2.75, 3.05) is 6.61 Å². The zero-order valence-corrected chi connectivity index (χ0v) is 3.55. The lowest BCUT2D eigenvalue weighted by molar-refractivity contribution is 0.183. The zero-order chi connectivity index (χ0) is 4.83. The van der Waals surface area contributed by atoms with Crippen molar-refractivity contribution in [2.45, 2.75) is 12.8 Å². The van der Waals surface area contributed by atoms with Crippen LogP contribution in [0.25, 0.3) is 0 Å². The van der Waals surface area contributed by atoms with Gasteiger partial charge in [-0.3, -0.25) is 0 Å². The Hall–Kier alpha value is -0.0800. The van der Waals surface area contributed by atoms with E-state index in [1.165, 1.54) is 0 Å². The van der Waals surface area contributed by atoms with Gasteiger partial charge < -0.3 is 5.11 Å². The van der Waals surface area contributed by atoms with E-state index in [1.807, 2.05) is 0 Å². The molecule has 0 aliphatic heterocycles. The molecule has 0 spiro atoms. The Balaban J connectivity index is 2.34. The van der Waals surface area contributed by atoms with Gasteiger partial charge in [0.05, 0.1) is 13.2 Å². The lowest BCUT2D eigenvalue weighted by Crippen LogP contribution is -1.79. The molecule has 0 bridgehead atoms. The summed E-state index contributed by atoms with van der Waals surface area (Å²) in [6.07, 6.45) is 1.08. The maximum Gasteiger partial charge on any atom is 0.0823 e. The highest BCUT2D eigenvalue weighted by atomic mass is 16.3. The maximum atomic E-state index is 9.56. The molecule has 0 aromatic rings. The second-order valence-corrected chi connectivity index (χ2v) is 1.03. The van der Waals surface area contributed by atoms with E-state index in [2.05, 4.69) is 0 Å². The fraction of sp³-hybridized carbons (Fsp3) is 0.750. The van der Waals surface area contributed by atoms with Gasteiger partial charge in [-0.15, -0.1) is 0 Å². The average Bonchev–Trinajstić information content (AvgIpc) is 1.61. The predicted molar refractivity (Wildman–Crippen MR) is 21.0 cm³/mol. The fourth-order valence-corrected chi connectivity index (χ4v) is 0.175. The van der Waals surface area contributed by atoms with E-state index in [0.717, 1.165) is 6.61 Å². The molecule has 0 aliphatic rings. The van der Waals surface area contributed by atoms with Crippen molar-refractivity contribution in [1.29, 1.82) is 0 Å². The topological polar surface area (TPSA) is 40.1 Å². The highest BCUT2D eigenvalue weighted by molar-refractivity contribution is 4.43. The highest BCUT2D eigenvalue weighted by Crippen LogP contribution is 1.85. The molecule has 0 rings (SSSR count). The summed E-state index contributed by atoms with van der Waals surface area (Å²) in [5, 5.41) is 17.5. The van der Waals surface area contributed by atoms with Crippen molar-refractivity contribution in [1.82, 2.24) is 0 Å². The molecule has 0 unspecified atom stereocenters. The first-order valence-electron chi connectivity index (χ1n) is 1.96. The summed E-state index contributed by atoms with van der Waals surface area (Å²) in [6.45, 7) is 0.926. The molecule has 0 fully saturated rings. The monoisotopic (exact) mass is 88.1 g/mol. The van der Waals surface area contributed by atoms with Crippen LogP contribution in [0.4, 0.5) is 0 Å². The minimum absolute atomic E-state index is 0.0862. The normalized spacial score (nSPS) is 9.00. The van der Waals surface area contributed by atoms with Gasteiger partial charge in [0.15, 0.2) is 0 Å². The van der Waals surface area contributed by atoms with Crippen molar-refractivity contribution in [3.8, 4) is 0 Å². The molecule has 1 N–H and O–H groups in total. The number of aliphatic hydroxyl groups excluding tert-OH is 1. The van der Waals surface area contributed by atoms with Crippen molar-refractivity contribution in [2.24, 2.45) is 0 Å². The smallest absolute Gasteiger partial charge is 0.0823 e. The summed E-state index contributed by atoms with van der Waals surface area (Å²) >= 11 is 0. The van der Waals surface area contributed by atoms with Crippen LogP contribution in [-0.2, 0) is 5.11 Å². The summed E-state index contributed by atoms with van der Waals surface area (Å²) in [4.78, 5) is 0. The first-order chi connectivity index (χ1) is 2.91. The molecule has 0 aromatic carbocycles. The minimum Gasteiger partial charge on any atom is -0.390 e. The summed E-state index contributed by atoms with van der Waals surface area (Å²) in [7, 11) is 0. The Morgan fingerprint density at radius 1 is 1.67 bits per heavy atom. The summed E-state index contributed by atoms with van der Waals surface area (Å²) in [6, 6.07) is 0. The van der Waals surface area contributed by atoms with Crippen LogP contribution in [-0.4, -0.2) is 11.7 Å². The number of rotatable bonds is 3. The van der Waals surface area contributed by atoms with Crippen LogP contribution in [0.5, 0.6) is 0 Å². The quantitative estimate of drug-likeness (QED) is 0.507. The molecule has 36 valence electrons. The molecule has 2 radical (unpaired) electrons. The van der Waals surface area contributed by atoms with Crippen molar-refractivity contribution in [3.05, 3.63) is 6.61 Å². The average molecular weight is 88.1 g/mol. The van der Waals surface area contributed by atoms with Crippen LogP contribution < -0.4 is 0 Å². The first-order valence-corrected chi connectivity index (χ1v) is 1.96. The third-order valence-corrected chi connectivity index (χ3v) is 0.478. The molecule has 6 heavy (non-hydrogen) atoms. The molecular formula is C4H8O2. The SMILES string of the molecule is [O]CCC[CH]O. The van der Waals surface area contributed by atoms with Gasteiger partial charge in [0, 0.05) is 0 Å². The van der Waals surface area contributed by atoms with Gasteiger partial charge in [-0.05, 0) is 12.8 Å². The number of aliphatic hydroxyl groups is 1. The molecule has 0 heterocycles. The Morgan fingerprint density at radius 2 is 2.33 bits per heavy atom. The van der Waals surface area contributed by atoms with E-state index in [1.54, 1.807) is 0 Å². The first kappa shape index (κ1) is 5.92. The standard InChI is InChI=1S/C4H8O2/c5-3-1-2-4-6/h3,5H,1-2,4H2. The number of unbranched alkanes of at least 4 members (excludes halogenated alkanes) is 1. The predicted octanol–water partition coefficient (Wildman–Crippen LogP) is 0.731. The molecule has 0 amide bonds. The van der Waals surface area contributed by atoms with Crippen LogP contribution in [0, 0.1) is 6.61 Å². The van der Waals surface area contributed by atoms with E-state index >= 15 is 0 Å². The zero-order valence-electron chi connectivity index (χ0n) is 3.55. The molecule has 0 saturated heterocycles. The summed E-state index contributed by atoms with van der Waals surface area (Å²) in [5.41, 5.74) is 0. The van der Waals surface area contributed by atoms with Crippen LogP contribution in [0.2, 0.25) is 0 Å². The fourth-order valence-electron chi connectivity index (χ4n) is 0.175. The van der Waals surface area contributed by atoms with Gasteiger partial charge in [-0.2, -0.15) is 0 Å². The van der Waals surface area contributed by atoms with E-state index < -0.39 is 0 Å². The van der Waals surface area contributed by atoms with Crippen LogP contribution >= 0.6 is 0 Å². The Morgan fingerprint density at radius 3 is 2.50 bits per heavy atom. The van der Waals surface area contributed by atoms with Crippen molar-refractivity contribution in [3.63, 3.8) is 0 Å². The van der Waals surface area contributed by atoms with Crippen LogP contribution in [0.15, 0.2) is 0 Å². The van der Waals surface area contributed by atoms with Gasteiger partial charge >= 0.3 is 0 Å². The Kier molecular flexibility index (Phi) is 4.85. The van der Waals surface area contributed by atoms with Gasteiger partial charge in [0.2, 0.25) is 0 Å². The van der Waals surface area contributed by atoms with Crippen molar-refractivity contribution < 1.29 is 10.2 Å². The minimum atomic E-state index is -0.0862. The lowest BCUT2D eigenvalue weighted by Gasteiger charge is -1.83. The highest BCUT2D eigenvalue weighted by Gasteiger charge is 1.79. The number of hydrogen-bond acceptors (Lipinski definition) is 1. The third kappa shape index (κ3) is 3.92. The van der Waals surface area contributed by atoms with E-state index in [4.69, 9.17) is 5.11 Å². The Labute approximate surface area is 37.4 Å². The lowest BCUT2D eigenvalue weighted by atomic mass is 10.3. The molecule has 0 aliphatic carbocycles. The Bertz CT molecular complexity index is 17.5. The van der Waals surface area contributed by atoms with Crippen LogP contribution in [0.3, 0.4) is 0 Å². The molecule has 0 aromatic heterocycles. The molecular weight excluding hydrogens is 80.0 g/mol. The largest absolute Gasteiger partial charge is 0.390 e. The van der Waals surface area contributed by atoms with E-state index in [-0.39, 0.29) is 6.61 Å². The number of hydrogen-bond donors (Lipinski definition) is 1. The molecule has 0 atom stereocenters. The van der Waals surface area contributed by atoms with Gasteiger partial charge in [0.25, 0.3) is 0 Å². The second kappa shape index (κ2) is 4.92. The third-order valence-electron chi connectivity index (χ3n) is 0.478. The summed E-state index contributed by atoms with van der Waals surface area (Å²) in [5.74, 6) is 0. The van der Waals surface area contributed by atoms with Crippen molar-refractivity contribution >= 4 is 0 Å². The van der Waals surface area contributed by atoms with Crippen LogP contribution in [0.1, 0.15) is 12.8 Å². The molecule has 2 heteroatoms. The van der Waals surface area contributed by atoms with E-state index in [9.17, 15) is 5.11 Å². The van der Waals surface area contributed by atoms with Gasteiger partial charge in [-0.1, -0.05) is 0 Å². The molecule has 0 saturated carbocycles. The van der Waals surface area contributed by atoms with Gasteiger partial charge in [0.1, 0.15) is 0 Å². The molecule has 2 nitrogen and oxygen atoms in total. The summed E-state index contributed by atoms with van der Waals surface area (Å²) < 4.78 is 0. The second-order valence-electron chi connectivity index (χ2n) is 1.03. The van der Waals surface area contributed by atoms with Gasteiger partial charge in [-0.25, -0.2) is 5.11 Å².